The molecule has 0 bridgehead atoms. The average molecular weight is 544 g/mol. The highest BCUT2D eigenvalue weighted by Crippen LogP contribution is 2.34. The Morgan fingerprint density at radius 3 is 2.44 bits per heavy atom. The highest BCUT2D eigenvalue weighted by Gasteiger charge is 2.36. The Morgan fingerprint density at radius 1 is 1.06 bits per heavy atom. The van der Waals surface area contributed by atoms with E-state index in [1.165, 1.54) is 0 Å². The van der Waals surface area contributed by atoms with Gasteiger partial charge in [0.2, 0.25) is 5.91 Å². The Bertz CT molecular complexity index is 1380. The molecule has 0 atom stereocenters. The minimum Gasteiger partial charge on any atom is -0.494 e. The van der Waals surface area contributed by atoms with E-state index in [1.54, 1.807) is 42.5 Å². The van der Waals surface area contributed by atoms with Crippen molar-refractivity contribution < 1.29 is 19.1 Å². The molecule has 2 aromatic carbocycles. The van der Waals surface area contributed by atoms with Crippen molar-refractivity contribution in [2.75, 3.05) is 18.5 Å². The summed E-state index contributed by atoms with van der Waals surface area (Å²) in [6.45, 7) is 5.89. The van der Waals surface area contributed by atoms with Gasteiger partial charge in [-0.2, -0.15) is 0 Å². The third kappa shape index (κ3) is 5.46. The SMILES string of the molecule is CCOc1ccc(NC(=O)CN2C(=O)S/C(=C\c3cc(C)n(-c4ccc(Cl)c(Cl)c4)c3C)C2=O)cc1. The molecule has 10 heteroatoms. The van der Waals surface area contributed by atoms with Crippen LogP contribution < -0.4 is 10.1 Å². The molecule has 3 amide bonds. The molecule has 0 unspecified atom stereocenters. The summed E-state index contributed by atoms with van der Waals surface area (Å²) in [5.41, 5.74) is 3.94. The Hall–Kier alpha value is -3.20. The average Bonchev–Trinajstić information content (AvgIpc) is 3.26. The number of anilines is 1. The Kier molecular flexibility index (Phi) is 7.78. The number of thioether (sulfide) groups is 1. The van der Waals surface area contributed by atoms with Gasteiger partial charge in [0.05, 0.1) is 21.6 Å². The molecular weight excluding hydrogens is 521 g/mol. The molecule has 3 aromatic rings. The summed E-state index contributed by atoms with van der Waals surface area (Å²) in [4.78, 5) is 39.2. The molecule has 0 spiro atoms. The molecule has 7 nitrogen and oxygen atoms in total. The fraction of sp³-hybridized carbons (Fsp3) is 0.192. The van der Waals surface area contributed by atoms with Crippen LogP contribution in [0.25, 0.3) is 11.8 Å². The summed E-state index contributed by atoms with van der Waals surface area (Å²) < 4.78 is 7.37. The van der Waals surface area contributed by atoms with Gasteiger partial charge in [0.15, 0.2) is 0 Å². The first kappa shape index (κ1) is 25.9. The van der Waals surface area contributed by atoms with Crippen molar-refractivity contribution in [1.82, 2.24) is 9.47 Å². The second-order valence-corrected chi connectivity index (χ2v) is 9.84. The monoisotopic (exact) mass is 543 g/mol. The summed E-state index contributed by atoms with van der Waals surface area (Å²) in [5.74, 6) is -0.295. The summed E-state index contributed by atoms with van der Waals surface area (Å²) in [6, 6.07) is 14.1. The molecule has 4 rings (SSSR count). The van der Waals surface area contributed by atoms with Crippen LogP contribution in [0.2, 0.25) is 10.0 Å². The molecule has 186 valence electrons. The number of hydrogen-bond acceptors (Lipinski definition) is 5. The van der Waals surface area contributed by atoms with E-state index in [0.29, 0.717) is 28.1 Å². The molecule has 1 aliphatic rings. The highest BCUT2D eigenvalue weighted by atomic mass is 35.5. The third-order valence-electron chi connectivity index (χ3n) is 5.54. The van der Waals surface area contributed by atoms with Gasteiger partial charge < -0.3 is 14.6 Å². The van der Waals surface area contributed by atoms with E-state index in [4.69, 9.17) is 27.9 Å². The third-order valence-corrected chi connectivity index (χ3v) is 7.19. The van der Waals surface area contributed by atoms with Gasteiger partial charge in [0, 0.05) is 22.8 Å². The van der Waals surface area contributed by atoms with E-state index in [2.05, 4.69) is 5.32 Å². The lowest BCUT2D eigenvalue weighted by Crippen LogP contribution is -2.36. The van der Waals surface area contributed by atoms with Crippen molar-refractivity contribution in [2.45, 2.75) is 20.8 Å². The van der Waals surface area contributed by atoms with Crippen LogP contribution in [0.4, 0.5) is 10.5 Å². The quantitative estimate of drug-likeness (QED) is 0.345. The number of carbonyl (C=O) groups excluding carboxylic acids is 3. The molecule has 1 fully saturated rings. The van der Waals surface area contributed by atoms with Crippen molar-refractivity contribution in [3.63, 3.8) is 0 Å². The van der Waals surface area contributed by atoms with Gasteiger partial charge in [0.1, 0.15) is 12.3 Å². The predicted molar refractivity (Wildman–Crippen MR) is 144 cm³/mol. The van der Waals surface area contributed by atoms with E-state index in [-0.39, 0.29) is 11.4 Å². The molecule has 0 radical (unpaired) electrons. The van der Waals surface area contributed by atoms with Crippen LogP contribution in [-0.4, -0.2) is 39.7 Å². The molecule has 1 saturated heterocycles. The molecule has 2 heterocycles. The fourth-order valence-corrected chi connectivity index (χ4v) is 5.00. The minimum atomic E-state index is -0.508. The van der Waals surface area contributed by atoms with E-state index in [9.17, 15) is 14.4 Å². The number of aromatic nitrogens is 1. The number of halogens is 2. The van der Waals surface area contributed by atoms with Crippen LogP contribution in [0, 0.1) is 13.8 Å². The second kappa shape index (κ2) is 10.8. The van der Waals surface area contributed by atoms with Gasteiger partial charge in [-0.15, -0.1) is 0 Å². The first-order valence-corrected chi connectivity index (χ1v) is 12.7. The van der Waals surface area contributed by atoms with Crippen LogP contribution in [0.5, 0.6) is 5.75 Å². The summed E-state index contributed by atoms with van der Waals surface area (Å²) in [7, 11) is 0. The van der Waals surface area contributed by atoms with Crippen LogP contribution in [0.15, 0.2) is 53.4 Å². The van der Waals surface area contributed by atoms with Crippen molar-refractivity contribution in [3.8, 4) is 11.4 Å². The van der Waals surface area contributed by atoms with Crippen molar-refractivity contribution >= 4 is 63.8 Å². The zero-order chi connectivity index (χ0) is 26.0. The number of benzene rings is 2. The number of hydrogen-bond donors (Lipinski definition) is 1. The van der Waals surface area contributed by atoms with Crippen molar-refractivity contribution in [3.05, 3.63) is 80.4 Å². The smallest absolute Gasteiger partial charge is 0.294 e. The van der Waals surface area contributed by atoms with Crippen molar-refractivity contribution in [2.24, 2.45) is 0 Å². The number of carbonyl (C=O) groups is 3. The van der Waals surface area contributed by atoms with Crippen LogP contribution in [-0.2, 0) is 9.59 Å². The van der Waals surface area contributed by atoms with Crippen molar-refractivity contribution in [1.29, 1.82) is 0 Å². The fourth-order valence-electron chi connectivity index (χ4n) is 3.88. The summed E-state index contributed by atoms with van der Waals surface area (Å²) in [6.07, 6.45) is 1.67. The molecule has 0 aliphatic carbocycles. The Labute approximate surface area is 223 Å². The van der Waals surface area contributed by atoms with Gasteiger partial charge >= 0.3 is 0 Å². The maximum absolute atomic E-state index is 13.0. The predicted octanol–water partition coefficient (Wildman–Crippen LogP) is 6.47. The molecular formula is C26H23Cl2N3O4S. The Morgan fingerprint density at radius 2 is 1.78 bits per heavy atom. The number of amides is 3. The lowest BCUT2D eigenvalue weighted by Gasteiger charge is -2.13. The standard InChI is InChI=1S/C26H23Cl2N3O4S/c1-4-35-20-8-5-18(6-9-20)29-24(32)14-30-25(33)23(36-26(30)34)12-17-11-15(2)31(16(17)3)19-7-10-21(27)22(28)13-19/h5-13H,4,14H2,1-3H3,(H,29,32)/b23-12-. The number of nitrogens with zero attached hydrogens (tertiary/aromatic N) is 2. The van der Waals surface area contributed by atoms with Crippen LogP contribution in [0.1, 0.15) is 23.9 Å². The summed E-state index contributed by atoms with van der Waals surface area (Å²) >= 11 is 13.0. The number of ether oxygens (including phenoxy) is 1. The number of imide groups is 1. The van der Waals surface area contributed by atoms with E-state index >= 15 is 0 Å². The largest absolute Gasteiger partial charge is 0.494 e. The van der Waals surface area contributed by atoms with Gasteiger partial charge in [-0.05, 0) is 92.7 Å². The molecule has 0 saturated carbocycles. The number of rotatable bonds is 7. The first-order chi connectivity index (χ1) is 17.2. The molecule has 36 heavy (non-hydrogen) atoms. The summed E-state index contributed by atoms with van der Waals surface area (Å²) in [5, 5.41) is 3.10. The van der Waals surface area contributed by atoms with Gasteiger partial charge in [-0.3, -0.25) is 19.3 Å². The van der Waals surface area contributed by atoms with Crippen LogP contribution >= 0.6 is 35.0 Å². The maximum Gasteiger partial charge on any atom is 0.294 e. The number of aryl methyl sites for hydroxylation is 1. The maximum atomic E-state index is 13.0. The highest BCUT2D eigenvalue weighted by molar-refractivity contribution is 8.18. The number of nitrogens with one attached hydrogen (secondary N) is 1. The molecule has 1 N–H and O–H groups in total. The first-order valence-electron chi connectivity index (χ1n) is 11.1. The molecule has 1 aromatic heterocycles. The molecule has 1 aliphatic heterocycles. The lowest BCUT2D eigenvalue weighted by atomic mass is 10.2. The zero-order valence-electron chi connectivity index (χ0n) is 19.8. The Balaban J connectivity index is 1.49. The van der Waals surface area contributed by atoms with Gasteiger partial charge in [-0.25, -0.2) is 0 Å². The van der Waals surface area contributed by atoms with E-state index < -0.39 is 17.1 Å². The van der Waals surface area contributed by atoms with Crippen LogP contribution in [0.3, 0.4) is 0 Å². The van der Waals surface area contributed by atoms with E-state index in [1.807, 2.05) is 37.5 Å². The lowest BCUT2D eigenvalue weighted by molar-refractivity contribution is -0.127. The normalized spacial score (nSPS) is 14.6. The second-order valence-electron chi connectivity index (χ2n) is 8.03. The topological polar surface area (TPSA) is 80.6 Å². The van der Waals surface area contributed by atoms with E-state index in [0.717, 1.165) is 39.3 Å². The van der Waals surface area contributed by atoms with Gasteiger partial charge in [0.25, 0.3) is 11.1 Å². The zero-order valence-corrected chi connectivity index (χ0v) is 22.1. The van der Waals surface area contributed by atoms with Gasteiger partial charge in [-0.1, -0.05) is 23.2 Å². The minimum absolute atomic E-state index is 0.253.